The van der Waals surface area contributed by atoms with Crippen LogP contribution in [0.3, 0.4) is 0 Å². The Hall–Kier alpha value is 0.1000. The Bertz CT molecular complexity index is 288. The summed E-state index contributed by atoms with van der Waals surface area (Å²) in [5, 5.41) is 0. The highest BCUT2D eigenvalue weighted by molar-refractivity contribution is 9.11. The van der Waals surface area contributed by atoms with E-state index in [1.165, 1.54) is 8.66 Å². The Morgan fingerprint density at radius 1 is 1.53 bits per heavy atom. The van der Waals surface area contributed by atoms with Gasteiger partial charge in [-0.2, -0.15) is 0 Å². The van der Waals surface area contributed by atoms with Crippen molar-refractivity contribution in [3.05, 3.63) is 20.8 Å². The summed E-state index contributed by atoms with van der Waals surface area (Å²) in [6.07, 6.45) is 1.11. The van der Waals surface area contributed by atoms with Crippen molar-refractivity contribution in [3.8, 4) is 0 Å². The average Bonchev–Trinajstić information content (AvgIpc) is 2.51. The molecule has 1 unspecified atom stereocenters. The van der Waals surface area contributed by atoms with E-state index in [-0.39, 0.29) is 0 Å². The molecule has 1 aromatic heterocycles. The van der Waals surface area contributed by atoms with Gasteiger partial charge >= 0.3 is 0 Å². The fourth-order valence-electron chi connectivity index (χ4n) is 1.68. The molecular weight excluding hydrogens is 272 g/mol. The molecule has 2 N–H and O–H groups in total. The predicted molar refractivity (Wildman–Crippen MR) is 71.2 cm³/mol. The first-order chi connectivity index (χ1) is 7.11. The molecule has 0 saturated carbocycles. The minimum Gasteiger partial charge on any atom is -0.330 e. The maximum absolute atomic E-state index is 5.54. The molecule has 0 saturated heterocycles. The van der Waals surface area contributed by atoms with Crippen molar-refractivity contribution in [1.29, 1.82) is 0 Å². The normalized spacial score (nSPS) is 13.4. The van der Waals surface area contributed by atoms with Crippen molar-refractivity contribution < 1.29 is 0 Å². The van der Waals surface area contributed by atoms with Gasteiger partial charge in [-0.15, -0.1) is 11.3 Å². The topological polar surface area (TPSA) is 29.3 Å². The van der Waals surface area contributed by atoms with Gasteiger partial charge in [0.1, 0.15) is 0 Å². The van der Waals surface area contributed by atoms with E-state index in [0.717, 1.165) is 26.1 Å². The Morgan fingerprint density at radius 2 is 2.27 bits per heavy atom. The van der Waals surface area contributed by atoms with E-state index in [4.69, 9.17) is 5.73 Å². The number of thiophene rings is 1. The molecule has 0 bridgehead atoms. The van der Waals surface area contributed by atoms with Crippen molar-refractivity contribution in [3.63, 3.8) is 0 Å². The Labute approximate surface area is 105 Å². The molecule has 0 radical (unpaired) electrons. The summed E-state index contributed by atoms with van der Waals surface area (Å²) in [5.74, 6) is 0.684. The van der Waals surface area contributed by atoms with Crippen LogP contribution in [0.15, 0.2) is 15.9 Å². The SMILES string of the molecule is CC(CCN)CN(C)Cc1ccc(Br)s1. The third-order valence-corrected chi connectivity index (χ3v) is 3.95. The summed E-state index contributed by atoms with van der Waals surface area (Å²) in [4.78, 5) is 3.77. The summed E-state index contributed by atoms with van der Waals surface area (Å²) in [6.45, 7) is 5.20. The molecular formula is C11H19BrN2S. The van der Waals surface area contributed by atoms with E-state index in [1.54, 1.807) is 11.3 Å². The van der Waals surface area contributed by atoms with E-state index < -0.39 is 0 Å². The van der Waals surface area contributed by atoms with Crippen LogP contribution in [0, 0.1) is 5.92 Å². The van der Waals surface area contributed by atoms with Crippen molar-refractivity contribution >= 4 is 27.3 Å². The third-order valence-electron chi connectivity index (χ3n) is 2.34. The summed E-state index contributed by atoms with van der Waals surface area (Å²) in [6, 6.07) is 4.29. The summed E-state index contributed by atoms with van der Waals surface area (Å²) in [5.41, 5.74) is 5.54. The molecule has 0 aliphatic rings. The van der Waals surface area contributed by atoms with Crippen LogP contribution in [0.5, 0.6) is 0 Å². The largest absolute Gasteiger partial charge is 0.330 e. The number of hydrogen-bond donors (Lipinski definition) is 1. The fraction of sp³-hybridized carbons (Fsp3) is 0.636. The molecule has 4 heteroatoms. The standard InChI is InChI=1S/C11H19BrN2S/c1-9(5-6-13)7-14(2)8-10-3-4-11(12)15-10/h3-4,9H,5-8,13H2,1-2H3. The van der Waals surface area contributed by atoms with Gasteiger partial charge in [-0.3, -0.25) is 0 Å². The van der Waals surface area contributed by atoms with E-state index in [0.29, 0.717) is 5.92 Å². The average molecular weight is 291 g/mol. The zero-order valence-corrected chi connectivity index (χ0v) is 11.8. The second-order valence-corrected chi connectivity index (χ2v) is 6.63. The molecule has 0 aliphatic carbocycles. The summed E-state index contributed by atoms with van der Waals surface area (Å²) in [7, 11) is 2.17. The summed E-state index contributed by atoms with van der Waals surface area (Å²) < 4.78 is 1.21. The van der Waals surface area contributed by atoms with Crippen LogP contribution in [0.2, 0.25) is 0 Å². The number of hydrogen-bond acceptors (Lipinski definition) is 3. The summed E-state index contributed by atoms with van der Waals surface area (Å²) >= 11 is 5.29. The second-order valence-electron chi connectivity index (χ2n) is 4.09. The van der Waals surface area contributed by atoms with Crippen LogP contribution in [-0.2, 0) is 6.54 Å². The fourth-order valence-corrected chi connectivity index (χ4v) is 3.24. The molecule has 0 fully saturated rings. The molecule has 1 atom stereocenters. The lowest BCUT2D eigenvalue weighted by molar-refractivity contribution is 0.275. The van der Waals surface area contributed by atoms with Crippen molar-refractivity contribution in [2.75, 3.05) is 20.1 Å². The van der Waals surface area contributed by atoms with Crippen molar-refractivity contribution in [2.24, 2.45) is 11.7 Å². The van der Waals surface area contributed by atoms with Crippen molar-refractivity contribution in [1.82, 2.24) is 4.90 Å². The molecule has 1 rings (SSSR count). The highest BCUT2D eigenvalue weighted by Crippen LogP contribution is 2.23. The van der Waals surface area contributed by atoms with Gasteiger partial charge in [0.15, 0.2) is 0 Å². The molecule has 1 aromatic rings. The predicted octanol–water partition coefficient (Wildman–Crippen LogP) is 2.93. The Morgan fingerprint density at radius 3 is 2.80 bits per heavy atom. The minimum absolute atomic E-state index is 0.684. The number of nitrogens with two attached hydrogens (primary N) is 1. The van der Waals surface area contributed by atoms with E-state index in [9.17, 15) is 0 Å². The van der Waals surface area contributed by atoms with E-state index in [2.05, 4.69) is 46.9 Å². The van der Waals surface area contributed by atoms with Gasteiger partial charge < -0.3 is 10.6 Å². The maximum atomic E-state index is 5.54. The van der Waals surface area contributed by atoms with Crippen LogP contribution < -0.4 is 5.73 Å². The molecule has 15 heavy (non-hydrogen) atoms. The van der Waals surface area contributed by atoms with Gasteiger partial charge in [0.25, 0.3) is 0 Å². The van der Waals surface area contributed by atoms with Crippen molar-refractivity contribution in [2.45, 2.75) is 19.9 Å². The van der Waals surface area contributed by atoms with E-state index >= 15 is 0 Å². The molecule has 0 aromatic carbocycles. The van der Waals surface area contributed by atoms with Crippen LogP contribution in [0.1, 0.15) is 18.2 Å². The van der Waals surface area contributed by atoms with Gasteiger partial charge in [-0.1, -0.05) is 6.92 Å². The van der Waals surface area contributed by atoms with E-state index in [1.807, 2.05) is 0 Å². The number of nitrogens with zero attached hydrogens (tertiary/aromatic N) is 1. The molecule has 1 heterocycles. The maximum Gasteiger partial charge on any atom is 0.0701 e. The van der Waals surface area contributed by atoms with Gasteiger partial charge in [0.05, 0.1) is 3.79 Å². The van der Waals surface area contributed by atoms with Crippen LogP contribution in [-0.4, -0.2) is 25.0 Å². The molecule has 0 spiro atoms. The zero-order valence-electron chi connectivity index (χ0n) is 9.37. The first kappa shape index (κ1) is 13.2. The molecule has 2 nitrogen and oxygen atoms in total. The Balaban J connectivity index is 2.32. The van der Waals surface area contributed by atoms with Gasteiger partial charge in [-0.05, 0) is 54.0 Å². The minimum atomic E-state index is 0.684. The lowest BCUT2D eigenvalue weighted by atomic mass is 10.1. The second kappa shape index (κ2) is 6.63. The molecule has 0 aliphatic heterocycles. The lowest BCUT2D eigenvalue weighted by Crippen LogP contribution is -2.24. The van der Waals surface area contributed by atoms with Crippen LogP contribution in [0.4, 0.5) is 0 Å². The van der Waals surface area contributed by atoms with Crippen LogP contribution in [0.25, 0.3) is 0 Å². The van der Waals surface area contributed by atoms with Crippen LogP contribution >= 0.6 is 27.3 Å². The van der Waals surface area contributed by atoms with Gasteiger partial charge in [-0.25, -0.2) is 0 Å². The quantitative estimate of drug-likeness (QED) is 0.873. The zero-order chi connectivity index (χ0) is 11.3. The molecule has 86 valence electrons. The lowest BCUT2D eigenvalue weighted by Gasteiger charge is -2.20. The number of rotatable bonds is 6. The highest BCUT2D eigenvalue weighted by Gasteiger charge is 2.07. The van der Waals surface area contributed by atoms with Gasteiger partial charge in [0.2, 0.25) is 0 Å². The smallest absolute Gasteiger partial charge is 0.0701 e. The first-order valence-corrected chi connectivity index (χ1v) is 6.85. The third kappa shape index (κ3) is 5.11. The Kier molecular flexibility index (Phi) is 5.82. The highest BCUT2D eigenvalue weighted by atomic mass is 79.9. The monoisotopic (exact) mass is 290 g/mol. The van der Waals surface area contributed by atoms with Gasteiger partial charge in [0, 0.05) is 18.0 Å². The number of halogens is 1. The first-order valence-electron chi connectivity index (χ1n) is 5.24. The molecule has 0 amide bonds.